The van der Waals surface area contributed by atoms with E-state index in [-0.39, 0.29) is 120 Å². The van der Waals surface area contributed by atoms with E-state index in [1.807, 2.05) is 0 Å². The Morgan fingerprint density at radius 3 is 1.61 bits per heavy atom. The topological polar surface area (TPSA) is 116 Å². The first-order chi connectivity index (χ1) is 13.0. The molecule has 3 radical (unpaired) electrons. The molecular weight excluding hydrogens is 627 g/mol. The van der Waals surface area contributed by atoms with Crippen molar-refractivity contribution in [3.05, 3.63) is 19.6 Å². The molecule has 4 amide bonds. The summed E-state index contributed by atoms with van der Waals surface area (Å²) in [6, 6.07) is 0. The van der Waals surface area contributed by atoms with Crippen molar-refractivity contribution < 1.29 is 117 Å². The van der Waals surface area contributed by atoms with E-state index in [0.717, 1.165) is 38.9 Å². The van der Waals surface area contributed by atoms with Crippen LogP contribution < -0.4 is 21.3 Å². The van der Waals surface area contributed by atoms with Crippen LogP contribution in [0.3, 0.4) is 0 Å². The quantitative estimate of drug-likeness (QED) is 0.302. The van der Waals surface area contributed by atoms with E-state index in [1.165, 1.54) is 26.2 Å². The smallest absolute Gasteiger partial charge is 0.191 e. The number of rotatable bonds is 7. The van der Waals surface area contributed by atoms with Gasteiger partial charge in [-0.2, -0.15) is 0 Å². The zero-order valence-corrected chi connectivity index (χ0v) is 26.9. The van der Waals surface area contributed by atoms with Gasteiger partial charge in [-0.15, -0.1) is 0 Å². The van der Waals surface area contributed by atoms with Crippen LogP contribution in [0.4, 0.5) is 0 Å². The number of carbonyl (C=O) groups excluding carboxylic acids is 4. The zero-order valence-electron chi connectivity index (χ0n) is 18.4. The van der Waals surface area contributed by atoms with Crippen molar-refractivity contribution in [2.24, 2.45) is 16.7 Å². The summed E-state index contributed by atoms with van der Waals surface area (Å²) in [6.07, 6.45) is 6.68. The number of hydrogen-bond donors (Lipinski definition) is 4. The predicted octanol–water partition coefficient (Wildman–Crippen LogP) is 0.698. The molecule has 8 nitrogen and oxygen atoms in total. The summed E-state index contributed by atoms with van der Waals surface area (Å²) in [6.45, 7) is 8.84. The Hall–Kier alpha value is 0.802. The summed E-state index contributed by atoms with van der Waals surface area (Å²) in [7, 11) is 0. The van der Waals surface area contributed by atoms with Crippen molar-refractivity contribution in [2.45, 2.75) is 64.8 Å². The summed E-state index contributed by atoms with van der Waals surface area (Å²) in [5.41, 5.74) is 0.382. The SMILES string of the molecule is CC(=O)N[CH-]C(=O)N[CH-]C(=O)N[CH-]C(=O)NC12CC3CC(C)(CC(C)(C3)C1)C2.[Y].[Y].[Y]. The van der Waals surface area contributed by atoms with Crippen LogP contribution in [-0.2, 0) is 117 Å². The summed E-state index contributed by atoms with van der Waals surface area (Å²) in [4.78, 5) is 46.3. The second-order valence-electron chi connectivity index (χ2n) is 9.55. The Balaban J connectivity index is 0.00000300. The molecule has 4 fully saturated rings. The van der Waals surface area contributed by atoms with Gasteiger partial charge in [0.1, 0.15) is 5.91 Å². The Labute approximate surface area is 260 Å². The molecule has 0 spiro atoms. The van der Waals surface area contributed by atoms with Gasteiger partial charge in [-0.25, -0.2) is 19.6 Å². The molecule has 4 N–H and O–H groups in total. The maximum absolute atomic E-state index is 12.4. The van der Waals surface area contributed by atoms with E-state index >= 15 is 0 Å². The van der Waals surface area contributed by atoms with Gasteiger partial charge in [0.15, 0.2) is 5.91 Å². The molecule has 4 aliphatic rings. The van der Waals surface area contributed by atoms with Crippen LogP contribution >= 0.6 is 0 Å². The van der Waals surface area contributed by atoms with E-state index in [4.69, 9.17) is 0 Å². The second-order valence-corrected chi connectivity index (χ2v) is 9.55. The maximum atomic E-state index is 12.4. The summed E-state index contributed by atoms with van der Waals surface area (Å²) in [5.74, 6) is -1.34. The van der Waals surface area contributed by atoms with Gasteiger partial charge in [-0.3, -0.25) is 4.79 Å². The number of hydrogen-bond acceptors (Lipinski definition) is 4. The second kappa shape index (κ2) is 12.5. The first-order valence-corrected chi connectivity index (χ1v) is 9.71. The number of nitrogens with one attached hydrogen (secondary N) is 4. The molecule has 0 aliphatic heterocycles. The van der Waals surface area contributed by atoms with E-state index in [2.05, 4.69) is 35.1 Å². The van der Waals surface area contributed by atoms with Crippen LogP contribution in [0, 0.1) is 36.4 Å². The van der Waals surface area contributed by atoms with E-state index in [1.54, 1.807) is 0 Å². The van der Waals surface area contributed by atoms with Crippen molar-refractivity contribution in [3.63, 3.8) is 0 Å². The van der Waals surface area contributed by atoms with Gasteiger partial charge in [0.05, 0.1) is 11.8 Å². The van der Waals surface area contributed by atoms with Gasteiger partial charge >= 0.3 is 0 Å². The average Bonchev–Trinajstić information content (AvgIpc) is 2.52. The molecule has 4 bridgehead atoms. The van der Waals surface area contributed by atoms with Crippen molar-refractivity contribution in [2.75, 3.05) is 0 Å². The normalized spacial score (nSPS) is 31.4. The van der Waals surface area contributed by atoms with Crippen LogP contribution in [0.1, 0.15) is 59.3 Å². The monoisotopic (exact) mass is 656 g/mol. The van der Waals surface area contributed by atoms with Crippen LogP contribution in [-0.4, -0.2) is 29.2 Å². The molecule has 11 heteroatoms. The summed E-state index contributed by atoms with van der Waals surface area (Å²) < 4.78 is 0. The summed E-state index contributed by atoms with van der Waals surface area (Å²) in [5, 5.41) is 9.92. The fourth-order valence-corrected chi connectivity index (χ4v) is 6.41. The van der Waals surface area contributed by atoms with Gasteiger partial charge in [0.2, 0.25) is 0 Å². The molecule has 0 heterocycles. The minimum Gasteiger partial charge on any atom is -0.506 e. The molecule has 4 saturated carbocycles. The molecule has 4 rings (SSSR count). The molecule has 2 atom stereocenters. The van der Waals surface area contributed by atoms with Crippen LogP contribution in [0.5, 0.6) is 0 Å². The van der Waals surface area contributed by atoms with Gasteiger partial charge in [-0.05, 0) is 55.3 Å². The third-order valence-electron chi connectivity index (χ3n) is 6.11. The first-order valence-electron chi connectivity index (χ1n) is 9.71. The molecule has 2 unspecified atom stereocenters. The third kappa shape index (κ3) is 8.83. The molecule has 0 aromatic rings. The van der Waals surface area contributed by atoms with Gasteiger partial charge in [0, 0.05) is 111 Å². The Bertz CT molecular complexity index is 688. The fourth-order valence-electron chi connectivity index (χ4n) is 6.41. The molecule has 165 valence electrons. The van der Waals surface area contributed by atoms with Gasteiger partial charge < -0.3 is 35.7 Å². The molecule has 31 heavy (non-hydrogen) atoms. The number of amides is 4. The Kier molecular flexibility index (Phi) is 12.8. The molecule has 4 aliphatic carbocycles. The Morgan fingerprint density at radius 2 is 1.16 bits per heavy atom. The largest absolute Gasteiger partial charge is 0.506 e. The minimum atomic E-state index is -0.648. The standard InChI is InChI=1S/C20H29N4O4.3Y/c1-13(25)21-7-15(26)22-8-16(27)23-9-17(28)24-20-6-14-4-18(2,11-20)10-19(3,5-14)12-20;;;/h7-9,14H,4-6,10-12H2,1-3H3,(H,21,25)(H,22,26)(H,23,27)(H,24,28);;;/q-3;;;. The third-order valence-corrected chi connectivity index (χ3v) is 6.11. The first kappa shape index (κ1) is 31.8. The fraction of sp³-hybridized carbons (Fsp3) is 0.650. The van der Waals surface area contributed by atoms with Crippen molar-refractivity contribution >= 4 is 23.6 Å². The zero-order chi connectivity index (χ0) is 20.6. The van der Waals surface area contributed by atoms with Gasteiger partial charge in [-0.1, -0.05) is 13.8 Å². The molecule has 0 aromatic heterocycles. The van der Waals surface area contributed by atoms with Crippen molar-refractivity contribution in [3.8, 4) is 0 Å². The molecule has 0 saturated heterocycles. The Morgan fingerprint density at radius 1 is 0.710 bits per heavy atom. The van der Waals surface area contributed by atoms with Crippen molar-refractivity contribution in [1.29, 1.82) is 0 Å². The molecular formula is C20H29N4O4Y3-3. The molecule has 0 aromatic carbocycles. The minimum absolute atomic E-state index is 0. The van der Waals surface area contributed by atoms with Crippen molar-refractivity contribution in [1.82, 2.24) is 21.3 Å². The van der Waals surface area contributed by atoms with Gasteiger partial charge in [0.25, 0.3) is 0 Å². The average molecular weight is 656 g/mol. The van der Waals surface area contributed by atoms with E-state index in [0.29, 0.717) is 5.92 Å². The maximum Gasteiger partial charge on any atom is 0.191 e. The van der Waals surface area contributed by atoms with Crippen LogP contribution in [0.25, 0.3) is 0 Å². The number of carbonyl (C=O) groups is 4. The van der Waals surface area contributed by atoms with E-state index in [9.17, 15) is 19.2 Å². The van der Waals surface area contributed by atoms with Crippen LogP contribution in [0.2, 0.25) is 0 Å². The van der Waals surface area contributed by atoms with Crippen LogP contribution in [0.15, 0.2) is 0 Å². The van der Waals surface area contributed by atoms with E-state index < -0.39 is 17.7 Å². The summed E-state index contributed by atoms with van der Waals surface area (Å²) >= 11 is 0. The predicted molar refractivity (Wildman–Crippen MR) is 101 cm³/mol.